The van der Waals surface area contributed by atoms with Gasteiger partial charge in [0.25, 0.3) is 5.91 Å². The van der Waals surface area contributed by atoms with E-state index in [9.17, 15) is 4.79 Å². The summed E-state index contributed by atoms with van der Waals surface area (Å²) in [7, 11) is 0. The Morgan fingerprint density at radius 2 is 2.25 bits per heavy atom. The van der Waals surface area contributed by atoms with Crippen molar-refractivity contribution in [1.82, 2.24) is 20.2 Å². The number of hydrogen-bond acceptors (Lipinski definition) is 4. The van der Waals surface area contributed by atoms with Crippen molar-refractivity contribution >= 4 is 22.8 Å². The number of aromatic amines is 1. The van der Waals surface area contributed by atoms with Gasteiger partial charge in [-0.2, -0.15) is 5.10 Å². The van der Waals surface area contributed by atoms with Gasteiger partial charge in [0.1, 0.15) is 16.9 Å². The van der Waals surface area contributed by atoms with Crippen LogP contribution in [0.5, 0.6) is 0 Å². The minimum Gasteiger partial charge on any atom is -0.303 e. The van der Waals surface area contributed by atoms with Crippen molar-refractivity contribution in [1.29, 1.82) is 0 Å². The van der Waals surface area contributed by atoms with E-state index in [2.05, 4.69) is 32.1 Å². The highest BCUT2D eigenvalue weighted by Crippen LogP contribution is 2.17. The molecule has 0 atom stereocenters. The first kappa shape index (κ1) is 13.7. The number of hydrogen-bond donors (Lipinski definition) is 2. The Labute approximate surface area is 116 Å². The lowest BCUT2D eigenvalue weighted by molar-refractivity contribution is -0.112. The second-order valence-electron chi connectivity index (χ2n) is 4.12. The van der Waals surface area contributed by atoms with E-state index in [1.807, 2.05) is 19.1 Å². The normalized spacial score (nSPS) is 11.5. The molecule has 20 heavy (non-hydrogen) atoms. The van der Waals surface area contributed by atoms with Gasteiger partial charge in [-0.15, -0.1) is 0 Å². The van der Waals surface area contributed by atoms with Gasteiger partial charge in [-0.1, -0.05) is 30.9 Å². The molecule has 0 bridgehead atoms. The lowest BCUT2D eigenvalue weighted by Gasteiger charge is -2.01. The highest BCUT2D eigenvalue weighted by molar-refractivity contribution is 6.07. The third-order valence-electron chi connectivity index (χ3n) is 2.55. The van der Waals surface area contributed by atoms with Crippen molar-refractivity contribution in [3.8, 4) is 0 Å². The second kappa shape index (κ2) is 5.92. The fourth-order valence-corrected chi connectivity index (χ4v) is 1.53. The fraction of sp³-hybridized carbons (Fsp3) is 0.143. The van der Waals surface area contributed by atoms with Crippen LogP contribution in [0.25, 0.3) is 11.0 Å². The Morgan fingerprint density at radius 1 is 1.45 bits per heavy atom. The molecule has 6 heteroatoms. The standard InChI is InChI=1S/C14H15N5O/c1-4-5-6-7-9(2)14(20)17-13-12-11(18-19-13)8-15-10(3)16-12/h4-8H,2H2,1,3H3,(H2,17,18,19,20)/b5-4-,7-6-. The van der Waals surface area contributed by atoms with Gasteiger partial charge < -0.3 is 5.32 Å². The van der Waals surface area contributed by atoms with Crippen LogP contribution in [0.3, 0.4) is 0 Å². The third-order valence-corrected chi connectivity index (χ3v) is 2.55. The number of nitrogens with one attached hydrogen (secondary N) is 2. The highest BCUT2D eigenvalue weighted by atomic mass is 16.1. The smallest absolute Gasteiger partial charge is 0.256 e. The number of carbonyl (C=O) groups is 1. The van der Waals surface area contributed by atoms with Crippen LogP contribution in [-0.4, -0.2) is 26.1 Å². The molecule has 6 nitrogen and oxygen atoms in total. The predicted octanol–water partition coefficient (Wildman–Crippen LogP) is 2.29. The molecule has 102 valence electrons. The molecular weight excluding hydrogens is 254 g/mol. The Morgan fingerprint density at radius 3 is 3.00 bits per heavy atom. The molecule has 0 spiro atoms. The van der Waals surface area contributed by atoms with Crippen LogP contribution in [0.2, 0.25) is 0 Å². The van der Waals surface area contributed by atoms with Gasteiger partial charge in [-0.05, 0) is 13.8 Å². The minimum atomic E-state index is -0.324. The first-order valence-corrected chi connectivity index (χ1v) is 6.09. The average Bonchev–Trinajstić information content (AvgIpc) is 2.81. The molecule has 0 aliphatic carbocycles. The monoisotopic (exact) mass is 269 g/mol. The molecule has 0 fully saturated rings. The van der Waals surface area contributed by atoms with Crippen molar-refractivity contribution < 1.29 is 4.79 Å². The Balaban J connectivity index is 2.17. The molecule has 0 radical (unpaired) electrons. The number of allylic oxidation sites excluding steroid dienone is 3. The van der Waals surface area contributed by atoms with Crippen LogP contribution in [0.15, 0.2) is 42.7 Å². The quantitative estimate of drug-likeness (QED) is 0.659. The second-order valence-corrected chi connectivity index (χ2v) is 4.12. The summed E-state index contributed by atoms with van der Waals surface area (Å²) in [6.45, 7) is 7.37. The molecule has 2 aromatic rings. The topological polar surface area (TPSA) is 83.6 Å². The predicted molar refractivity (Wildman–Crippen MR) is 78.1 cm³/mol. The number of nitrogens with zero attached hydrogens (tertiary/aromatic N) is 3. The van der Waals surface area contributed by atoms with E-state index in [0.29, 0.717) is 28.2 Å². The van der Waals surface area contributed by atoms with Gasteiger partial charge in [0.15, 0.2) is 5.82 Å². The van der Waals surface area contributed by atoms with E-state index in [1.54, 1.807) is 25.3 Å². The van der Waals surface area contributed by atoms with E-state index < -0.39 is 0 Å². The Bertz CT molecular complexity index is 711. The van der Waals surface area contributed by atoms with E-state index in [1.165, 1.54) is 0 Å². The van der Waals surface area contributed by atoms with E-state index in [0.717, 1.165) is 0 Å². The van der Waals surface area contributed by atoms with Crippen LogP contribution in [0.4, 0.5) is 5.82 Å². The van der Waals surface area contributed by atoms with E-state index in [-0.39, 0.29) is 5.91 Å². The van der Waals surface area contributed by atoms with E-state index in [4.69, 9.17) is 0 Å². The zero-order chi connectivity index (χ0) is 14.5. The number of fused-ring (bicyclic) bond motifs is 1. The number of amides is 1. The SMILES string of the molecule is C=C(/C=C\C=C/C)C(=O)Nc1n[nH]c2cnc(C)nc12. The van der Waals surface area contributed by atoms with Gasteiger partial charge in [0, 0.05) is 5.57 Å². The maximum absolute atomic E-state index is 11.9. The summed E-state index contributed by atoms with van der Waals surface area (Å²) in [6, 6.07) is 0. The largest absolute Gasteiger partial charge is 0.303 e. The molecular formula is C14H15N5O. The first-order chi connectivity index (χ1) is 9.61. The van der Waals surface area contributed by atoms with Crippen LogP contribution < -0.4 is 5.32 Å². The maximum atomic E-state index is 11.9. The summed E-state index contributed by atoms with van der Waals surface area (Å²) < 4.78 is 0. The highest BCUT2D eigenvalue weighted by Gasteiger charge is 2.12. The van der Waals surface area contributed by atoms with Gasteiger partial charge in [0.2, 0.25) is 0 Å². The number of rotatable bonds is 4. The number of aromatic nitrogens is 4. The molecule has 1 amide bonds. The Kier molecular flexibility index (Phi) is 4.05. The average molecular weight is 269 g/mol. The number of carbonyl (C=O) groups excluding carboxylic acids is 1. The fourth-order valence-electron chi connectivity index (χ4n) is 1.53. The van der Waals surface area contributed by atoms with Crippen molar-refractivity contribution in [2.45, 2.75) is 13.8 Å². The number of H-pyrrole nitrogens is 1. The van der Waals surface area contributed by atoms with Crippen LogP contribution in [0.1, 0.15) is 12.7 Å². The van der Waals surface area contributed by atoms with Crippen LogP contribution >= 0.6 is 0 Å². The molecule has 0 aromatic carbocycles. The van der Waals surface area contributed by atoms with Gasteiger partial charge in [0.05, 0.1) is 6.20 Å². The maximum Gasteiger partial charge on any atom is 0.256 e. The van der Waals surface area contributed by atoms with Gasteiger partial charge in [-0.25, -0.2) is 9.97 Å². The van der Waals surface area contributed by atoms with Crippen molar-refractivity contribution in [3.05, 3.63) is 48.5 Å². The van der Waals surface area contributed by atoms with E-state index >= 15 is 0 Å². The molecule has 0 aliphatic heterocycles. The molecule has 2 N–H and O–H groups in total. The summed E-state index contributed by atoms with van der Waals surface area (Å²) in [5.74, 6) is 0.660. The molecule has 2 heterocycles. The zero-order valence-corrected chi connectivity index (χ0v) is 11.3. The number of anilines is 1. The zero-order valence-electron chi connectivity index (χ0n) is 11.3. The summed E-state index contributed by atoms with van der Waals surface area (Å²) in [5, 5.41) is 9.45. The van der Waals surface area contributed by atoms with Crippen LogP contribution in [-0.2, 0) is 4.79 Å². The summed E-state index contributed by atoms with van der Waals surface area (Å²) in [5.41, 5.74) is 1.59. The summed E-state index contributed by atoms with van der Waals surface area (Å²) in [4.78, 5) is 20.2. The summed E-state index contributed by atoms with van der Waals surface area (Å²) in [6.07, 6.45) is 8.68. The molecule has 0 aliphatic rings. The van der Waals surface area contributed by atoms with Crippen LogP contribution in [0, 0.1) is 6.92 Å². The minimum absolute atomic E-state index is 0.324. The van der Waals surface area contributed by atoms with Crippen molar-refractivity contribution in [2.24, 2.45) is 0 Å². The molecule has 2 aromatic heterocycles. The van der Waals surface area contributed by atoms with Gasteiger partial charge >= 0.3 is 0 Å². The number of aryl methyl sites for hydroxylation is 1. The van der Waals surface area contributed by atoms with Crippen molar-refractivity contribution in [3.63, 3.8) is 0 Å². The lowest BCUT2D eigenvalue weighted by atomic mass is 10.2. The molecule has 2 rings (SSSR count). The molecule has 0 saturated heterocycles. The third kappa shape index (κ3) is 2.97. The molecule has 0 unspecified atom stereocenters. The summed E-state index contributed by atoms with van der Waals surface area (Å²) >= 11 is 0. The van der Waals surface area contributed by atoms with Gasteiger partial charge in [-0.3, -0.25) is 9.89 Å². The molecule has 0 saturated carbocycles. The Hall–Kier alpha value is -2.76. The first-order valence-electron chi connectivity index (χ1n) is 6.09. The lowest BCUT2D eigenvalue weighted by Crippen LogP contribution is -2.13. The van der Waals surface area contributed by atoms with Crippen molar-refractivity contribution in [2.75, 3.05) is 5.32 Å².